The molecule has 2 aromatic rings. The molecule has 4 heterocycles. The quantitative estimate of drug-likeness (QED) is 0.799. The second-order valence-electron chi connectivity index (χ2n) is 8.51. The zero-order chi connectivity index (χ0) is 22.0. The van der Waals surface area contributed by atoms with Crippen LogP contribution in [-0.2, 0) is 9.53 Å². The van der Waals surface area contributed by atoms with Gasteiger partial charge < -0.3 is 19.1 Å². The van der Waals surface area contributed by atoms with Crippen LogP contribution in [0.4, 0.5) is 0 Å². The number of amides is 1. The van der Waals surface area contributed by atoms with Crippen LogP contribution in [-0.4, -0.2) is 62.8 Å². The smallest absolute Gasteiger partial charge is 0.229 e. The Bertz CT molecular complexity index is 1070. The zero-order valence-electron chi connectivity index (χ0n) is 19.0. The van der Waals surface area contributed by atoms with E-state index in [1.807, 2.05) is 17.9 Å². The van der Waals surface area contributed by atoms with Crippen molar-refractivity contribution in [1.82, 2.24) is 24.6 Å². The Morgan fingerprint density at radius 3 is 2.81 bits per heavy atom. The highest BCUT2D eigenvalue weighted by Gasteiger charge is 2.31. The number of nitrogens with zero attached hydrogens (tertiary/aromatic N) is 4. The van der Waals surface area contributed by atoms with Gasteiger partial charge in [-0.15, -0.1) is 0 Å². The summed E-state index contributed by atoms with van der Waals surface area (Å²) in [5.74, 6) is 1.17. The lowest BCUT2D eigenvalue weighted by Crippen LogP contribution is -2.43. The van der Waals surface area contributed by atoms with Crippen LogP contribution in [0.15, 0.2) is 36.3 Å². The molecule has 0 aromatic carbocycles. The van der Waals surface area contributed by atoms with Crippen molar-refractivity contribution in [3.63, 3.8) is 0 Å². The largest absolute Gasteiger partial charge is 0.377 e. The molecule has 0 saturated carbocycles. The standard InChI is InChI=1S/C24H33N5O2/c1-5-6-21-20(9-12-28(21)23-7-10-25-26-23)22(29-11-8-17(2)24(29)30)15-18(3)27-13-14-31-16-19(27)4/h6-7,9-10,12,15,17,19H,5,8,11,13-14,16H2,1-4H3,(H,25,26)/b18-15+,21-6-,22-20+. The first-order valence-corrected chi connectivity index (χ1v) is 11.3. The highest BCUT2D eigenvalue weighted by atomic mass is 16.5. The van der Waals surface area contributed by atoms with E-state index in [4.69, 9.17) is 4.74 Å². The molecule has 2 atom stereocenters. The van der Waals surface area contributed by atoms with Gasteiger partial charge >= 0.3 is 0 Å². The van der Waals surface area contributed by atoms with E-state index in [1.165, 1.54) is 0 Å². The van der Waals surface area contributed by atoms with E-state index in [1.54, 1.807) is 6.20 Å². The Hall–Kier alpha value is -2.80. The summed E-state index contributed by atoms with van der Waals surface area (Å²) in [4.78, 5) is 17.4. The highest BCUT2D eigenvalue weighted by molar-refractivity contribution is 5.88. The van der Waals surface area contributed by atoms with Crippen molar-refractivity contribution in [2.75, 3.05) is 26.3 Å². The Morgan fingerprint density at radius 2 is 2.16 bits per heavy atom. The Balaban J connectivity index is 1.91. The van der Waals surface area contributed by atoms with Gasteiger partial charge in [-0.1, -0.05) is 19.9 Å². The second kappa shape index (κ2) is 9.14. The number of hydrogen-bond acceptors (Lipinski definition) is 4. The van der Waals surface area contributed by atoms with Crippen molar-refractivity contribution in [2.45, 2.75) is 46.6 Å². The van der Waals surface area contributed by atoms with E-state index < -0.39 is 0 Å². The van der Waals surface area contributed by atoms with Crippen molar-refractivity contribution >= 4 is 17.7 Å². The molecule has 1 amide bonds. The summed E-state index contributed by atoms with van der Waals surface area (Å²) in [5, 5.41) is 9.31. The Kier molecular flexibility index (Phi) is 6.32. The third kappa shape index (κ3) is 4.19. The normalized spacial score (nSPS) is 24.3. The molecule has 4 rings (SSSR count). The third-order valence-corrected chi connectivity index (χ3v) is 6.28. The second-order valence-corrected chi connectivity index (χ2v) is 8.51. The van der Waals surface area contributed by atoms with Crippen molar-refractivity contribution in [3.05, 3.63) is 46.9 Å². The number of likely N-dealkylation sites (tertiary alicyclic amines) is 1. The fourth-order valence-corrected chi connectivity index (χ4v) is 4.55. The molecule has 2 aliphatic rings. The Labute approximate surface area is 183 Å². The summed E-state index contributed by atoms with van der Waals surface area (Å²) in [7, 11) is 0. The molecule has 2 aliphatic heterocycles. The topological polar surface area (TPSA) is 66.4 Å². The van der Waals surface area contributed by atoms with Gasteiger partial charge in [0.1, 0.15) is 5.82 Å². The van der Waals surface area contributed by atoms with Crippen molar-refractivity contribution in [3.8, 4) is 5.82 Å². The van der Waals surface area contributed by atoms with Gasteiger partial charge in [-0.25, -0.2) is 0 Å². The number of H-pyrrole nitrogens is 1. The molecule has 1 N–H and O–H groups in total. The van der Waals surface area contributed by atoms with Crippen LogP contribution in [0.1, 0.15) is 40.5 Å². The summed E-state index contributed by atoms with van der Waals surface area (Å²) in [6, 6.07) is 4.38. The van der Waals surface area contributed by atoms with Crippen LogP contribution in [0.3, 0.4) is 0 Å². The van der Waals surface area contributed by atoms with Gasteiger partial charge in [0.25, 0.3) is 0 Å². The first kappa shape index (κ1) is 21.4. The molecular formula is C24H33N5O2. The van der Waals surface area contributed by atoms with Gasteiger partial charge in [0.2, 0.25) is 5.91 Å². The number of morpholine rings is 1. The van der Waals surface area contributed by atoms with Crippen LogP contribution < -0.4 is 10.6 Å². The Morgan fingerprint density at radius 1 is 1.32 bits per heavy atom. The molecule has 2 fully saturated rings. The molecule has 2 aromatic heterocycles. The van der Waals surface area contributed by atoms with Crippen molar-refractivity contribution in [2.24, 2.45) is 5.92 Å². The van der Waals surface area contributed by atoms with E-state index in [-0.39, 0.29) is 11.8 Å². The number of carbonyl (C=O) groups is 1. The highest BCUT2D eigenvalue weighted by Crippen LogP contribution is 2.24. The summed E-state index contributed by atoms with van der Waals surface area (Å²) in [6.45, 7) is 11.6. The molecule has 7 nitrogen and oxygen atoms in total. The lowest BCUT2D eigenvalue weighted by molar-refractivity contribution is -0.127. The first-order valence-electron chi connectivity index (χ1n) is 11.3. The molecule has 2 saturated heterocycles. The molecule has 2 unspecified atom stereocenters. The molecule has 0 aliphatic carbocycles. The predicted octanol–water partition coefficient (Wildman–Crippen LogP) is 1.99. The van der Waals surface area contributed by atoms with Gasteiger partial charge in [-0.3, -0.25) is 9.89 Å². The van der Waals surface area contributed by atoms with Crippen LogP contribution in [0.2, 0.25) is 0 Å². The average Bonchev–Trinajstić information content (AvgIpc) is 3.49. The number of aromatic nitrogens is 3. The SMILES string of the molecule is CC/C=c1/c(=C(\C=C(/C)N2CCOCC2C)N2CCC(C)C2=O)ccn1-c1ccn[nH]1. The van der Waals surface area contributed by atoms with Gasteiger partial charge in [-0.2, -0.15) is 5.10 Å². The number of carbonyl (C=O) groups excluding carboxylic acids is 1. The first-order chi connectivity index (χ1) is 15.0. The maximum absolute atomic E-state index is 13.1. The van der Waals surface area contributed by atoms with E-state index in [0.717, 1.165) is 66.9 Å². The number of rotatable bonds is 5. The molecule has 7 heteroatoms. The number of allylic oxidation sites excluding steroid dienone is 1. The van der Waals surface area contributed by atoms with Crippen LogP contribution in [0, 0.1) is 5.92 Å². The molecule has 0 bridgehead atoms. The zero-order valence-corrected chi connectivity index (χ0v) is 19.0. The number of nitrogens with one attached hydrogen (secondary N) is 1. The van der Waals surface area contributed by atoms with Gasteiger partial charge in [0.05, 0.1) is 30.5 Å². The molecule has 31 heavy (non-hydrogen) atoms. The number of ether oxygens (including phenoxy) is 1. The van der Waals surface area contributed by atoms with Crippen LogP contribution in [0.25, 0.3) is 17.6 Å². The minimum atomic E-state index is 0.0549. The van der Waals surface area contributed by atoms with Crippen LogP contribution >= 0.6 is 0 Å². The van der Waals surface area contributed by atoms with E-state index in [9.17, 15) is 4.79 Å². The van der Waals surface area contributed by atoms with Gasteiger partial charge in [-0.05, 0) is 38.8 Å². The predicted molar refractivity (Wildman–Crippen MR) is 122 cm³/mol. The third-order valence-electron chi connectivity index (χ3n) is 6.28. The monoisotopic (exact) mass is 423 g/mol. The van der Waals surface area contributed by atoms with Crippen molar-refractivity contribution < 1.29 is 9.53 Å². The lowest BCUT2D eigenvalue weighted by Gasteiger charge is -2.36. The average molecular weight is 424 g/mol. The molecule has 0 spiro atoms. The maximum atomic E-state index is 13.1. The molecule has 0 radical (unpaired) electrons. The van der Waals surface area contributed by atoms with E-state index >= 15 is 0 Å². The number of hydrogen-bond donors (Lipinski definition) is 1. The number of aromatic amines is 1. The molecule has 166 valence electrons. The van der Waals surface area contributed by atoms with Crippen LogP contribution in [0.5, 0.6) is 0 Å². The lowest BCUT2D eigenvalue weighted by atomic mass is 10.1. The van der Waals surface area contributed by atoms with E-state index in [2.05, 4.69) is 64.9 Å². The fourth-order valence-electron chi connectivity index (χ4n) is 4.55. The summed E-state index contributed by atoms with van der Waals surface area (Å²) in [6.07, 6.45) is 9.99. The minimum absolute atomic E-state index is 0.0549. The van der Waals surface area contributed by atoms with Gasteiger partial charge in [0.15, 0.2) is 0 Å². The van der Waals surface area contributed by atoms with Crippen molar-refractivity contribution in [1.29, 1.82) is 0 Å². The maximum Gasteiger partial charge on any atom is 0.229 e. The van der Waals surface area contributed by atoms with Gasteiger partial charge in [0, 0.05) is 48.2 Å². The minimum Gasteiger partial charge on any atom is -0.377 e. The van der Waals surface area contributed by atoms with E-state index in [0.29, 0.717) is 6.04 Å². The summed E-state index contributed by atoms with van der Waals surface area (Å²) >= 11 is 0. The molecular weight excluding hydrogens is 390 g/mol. The fraction of sp³-hybridized carbons (Fsp3) is 0.500. The summed E-state index contributed by atoms with van der Waals surface area (Å²) in [5.41, 5.74) is 2.14. The summed E-state index contributed by atoms with van der Waals surface area (Å²) < 4.78 is 7.73.